The van der Waals surface area contributed by atoms with Crippen molar-refractivity contribution in [3.8, 4) is 11.5 Å². The van der Waals surface area contributed by atoms with Crippen LogP contribution in [-0.4, -0.2) is 65.8 Å². The third-order valence-corrected chi connectivity index (χ3v) is 6.48. The second-order valence-electron chi connectivity index (χ2n) is 9.32. The van der Waals surface area contributed by atoms with Crippen LogP contribution in [0.3, 0.4) is 0 Å². The number of benzene rings is 2. The standard InChI is InChI=1S/C27H36N2O4/c30-26-10-4-5-17-29(26)18-7-19-32-25-13-11-23(12-14-25)20-28-16-6-15-27(31,21-28)22-33-24-8-2-1-3-9-24/h1-3,8-9,11-14,31H,4-7,10,15-22H2/t27-/m0/s1. The van der Waals surface area contributed by atoms with E-state index < -0.39 is 5.60 Å². The molecule has 1 atom stereocenters. The molecular weight excluding hydrogens is 416 g/mol. The predicted molar refractivity (Wildman–Crippen MR) is 128 cm³/mol. The molecule has 0 spiro atoms. The number of likely N-dealkylation sites (tertiary alicyclic amines) is 2. The fourth-order valence-electron chi connectivity index (χ4n) is 4.69. The fraction of sp³-hybridized carbons (Fsp3) is 0.519. The Bertz CT molecular complexity index is 873. The van der Waals surface area contributed by atoms with Crippen LogP contribution < -0.4 is 9.47 Å². The van der Waals surface area contributed by atoms with Crippen molar-refractivity contribution in [2.45, 2.75) is 50.7 Å². The average molecular weight is 453 g/mol. The SMILES string of the molecule is O=C1CCCCN1CCCOc1ccc(CN2CCC[C@@](O)(COc3ccccc3)C2)cc1. The molecular formula is C27H36N2O4. The molecule has 178 valence electrons. The van der Waals surface area contributed by atoms with E-state index in [1.165, 1.54) is 5.56 Å². The number of carbonyl (C=O) groups is 1. The van der Waals surface area contributed by atoms with Crippen molar-refractivity contribution < 1.29 is 19.4 Å². The molecule has 0 unspecified atom stereocenters. The third-order valence-electron chi connectivity index (χ3n) is 6.48. The minimum Gasteiger partial charge on any atom is -0.494 e. The van der Waals surface area contributed by atoms with Gasteiger partial charge in [0, 0.05) is 32.6 Å². The van der Waals surface area contributed by atoms with E-state index in [9.17, 15) is 9.90 Å². The van der Waals surface area contributed by atoms with Crippen LogP contribution in [0, 0.1) is 0 Å². The van der Waals surface area contributed by atoms with Crippen molar-refractivity contribution in [3.63, 3.8) is 0 Å². The van der Waals surface area contributed by atoms with Crippen LogP contribution in [0.15, 0.2) is 54.6 Å². The van der Waals surface area contributed by atoms with E-state index in [2.05, 4.69) is 17.0 Å². The van der Waals surface area contributed by atoms with E-state index in [1.54, 1.807) is 0 Å². The van der Waals surface area contributed by atoms with Gasteiger partial charge in [-0.25, -0.2) is 0 Å². The van der Waals surface area contributed by atoms with Gasteiger partial charge in [0.25, 0.3) is 0 Å². The van der Waals surface area contributed by atoms with Crippen LogP contribution in [0.2, 0.25) is 0 Å². The Hall–Kier alpha value is -2.57. The molecule has 2 fully saturated rings. The lowest BCUT2D eigenvalue weighted by Crippen LogP contribution is -2.51. The monoisotopic (exact) mass is 452 g/mol. The number of piperidine rings is 2. The van der Waals surface area contributed by atoms with Crippen molar-refractivity contribution in [1.82, 2.24) is 9.80 Å². The average Bonchev–Trinajstić information content (AvgIpc) is 2.83. The molecule has 6 heteroatoms. The van der Waals surface area contributed by atoms with Gasteiger partial charge in [-0.2, -0.15) is 0 Å². The molecule has 6 nitrogen and oxygen atoms in total. The van der Waals surface area contributed by atoms with Gasteiger partial charge in [-0.05, 0) is 68.5 Å². The van der Waals surface area contributed by atoms with Gasteiger partial charge >= 0.3 is 0 Å². The summed E-state index contributed by atoms with van der Waals surface area (Å²) >= 11 is 0. The number of aliphatic hydroxyl groups is 1. The summed E-state index contributed by atoms with van der Waals surface area (Å²) in [5.74, 6) is 1.93. The first-order valence-electron chi connectivity index (χ1n) is 12.2. The zero-order valence-electron chi connectivity index (χ0n) is 19.5. The Morgan fingerprint density at radius 1 is 0.909 bits per heavy atom. The van der Waals surface area contributed by atoms with Crippen LogP contribution in [0.4, 0.5) is 0 Å². The molecule has 0 bridgehead atoms. The topological polar surface area (TPSA) is 62.2 Å². The molecule has 0 saturated carbocycles. The number of amides is 1. The molecule has 1 amide bonds. The highest BCUT2D eigenvalue weighted by Gasteiger charge is 2.34. The van der Waals surface area contributed by atoms with Gasteiger partial charge in [-0.1, -0.05) is 30.3 Å². The first-order valence-corrected chi connectivity index (χ1v) is 12.2. The predicted octanol–water partition coefficient (Wildman–Crippen LogP) is 3.87. The summed E-state index contributed by atoms with van der Waals surface area (Å²) in [5, 5.41) is 11.0. The molecule has 33 heavy (non-hydrogen) atoms. The van der Waals surface area contributed by atoms with Gasteiger partial charge in [0.15, 0.2) is 0 Å². The minimum absolute atomic E-state index is 0.279. The molecule has 2 aliphatic heterocycles. The Morgan fingerprint density at radius 2 is 1.70 bits per heavy atom. The van der Waals surface area contributed by atoms with Crippen molar-refractivity contribution >= 4 is 5.91 Å². The summed E-state index contributed by atoms with van der Waals surface area (Å²) in [5.41, 5.74) is 0.377. The summed E-state index contributed by atoms with van der Waals surface area (Å²) in [7, 11) is 0. The lowest BCUT2D eigenvalue weighted by molar-refractivity contribution is -0.133. The van der Waals surface area contributed by atoms with Gasteiger partial charge in [-0.15, -0.1) is 0 Å². The van der Waals surface area contributed by atoms with Gasteiger partial charge < -0.3 is 19.5 Å². The molecule has 0 aliphatic carbocycles. The van der Waals surface area contributed by atoms with Gasteiger partial charge in [0.05, 0.1) is 6.61 Å². The fourth-order valence-corrected chi connectivity index (χ4v) is 4.69. The second kappa shape index (κ2) is 11.5. The van der Waals surface area contributed by atoms with E-state index in [0.29, 0.717) is 26.2 Å². The van der Waals surface area contributed by atoms with Crippen molar-refractivity contribution in [2.75, 3.05) is 39.4 Å². The van der Waals surface area contributed by atoms with E-state index in [-0.39, 0.29) is 5.91 Å². The number of para-hydroxylation sites is 1. The quantitative estimate of drug-likeness (QED) is 0.555. The number of carbonyl (C=O) groups excluding carboxylic acids is 1. The van der Waals surface area contributed by atoms with Gasteiger partial charge in [0.1, 0.15) is 23.7 Å². The summed E-state index contributed by atoms with van der Waals surface area (Å²) in [6.07, 6.45) is 5.39. The smallest absolute Gasteiger partial charge is 0.222 e. The zero-order valence-corrected chi connectivity index (χ0v) is 19.5. The second-order valence-corrected chi connectivity index (χ2v) is 9.32. The maximum Gasteiger partial charge on any atom is 0.222 e. The number of hydrogen-bond acceptors (Lipinski definition) is 5. The van der Waals surface area contributed by atoms with Crippen LogP contribution in [0.5, 0.6) is 11.5 Å². The molecule has 4 rings (SSSR count). The van der Waals surface area contributed by atoms with Crippen LogP contribution in [0.25, 0.3) is 0 Å². The van der Waals surface area contributed by atoms with Crippen molar-refractivity contribution in [2.24, 2.45) is 0 Å². The summed E-state index contributed by atoms with van der Waals surface area (Å²) in [6, 6.07) is 17.9. The van der Waals surface area contributed by atoms with E-state index in [0.717, 1.165) is 69.8 Å². The molecule has 1 N–H and O–H groups in total. The maximum atomic E-state index is 11.9. The highest BCUT2D eigenvalue weighted by atomic mass is 16.5. The van der Waals surface area contributed by atoms with E-state index in [4.69, 9.17) is 9.47 Å². The van der Waals surface area contributed by atoms with Crippen LogP contribution >= 0.6 is 0 Å². The number of β-amino-alcohol motifs (C(OH)–C–C–N with tert-alkyl or cyclic N) is 1. The summed E-state index contributed by atoms with van der Waals surface area (Å²) in [6.45, 7) is 4.97. The Morgan fingerprint density at radius 3 is 2.48 bits per heavy atom. The Kier molecular flexibility index (Phi) is 8.24. The number of nitrogens with zero attached hydrogens (tertiary/aromatic N) is 2. The Labute approximate surface area is 197 Å². The molecule has 2 saturated heterocycles. The highest BCUT2D eigenvalue weighted by Crippen LogP contribution is 2.25. The maximum absolute atomic E-state index is 11.9. The van der Waals surface area contributed by atoms with E-state index in [1.807, 2.05) is 47.4 Å². The molecule has 2 heterocycles. The first kappa shape index (κ1) is 23.6. The normalized spacial score (nSPS) is 21.7. The van der Waals surface area contributed by atoms with Crippen LogP contribution in [0.1, 0.15) is 44.1 Å². The molecule has 2 aromatic carbocycles. The molecule has 0 radical (unpaired) electrons. The molecule has 2 aromatic rings. The highest BCUT2D eigenvalue weighted by molar-refractivity contribution is 5.76. The van der Waals surface area contributed by atoms with E-state index >= 15 is 0 Å². The first-order chi connectivity index (χ1) is 16.1. The molecule has 2 aliphatic rings. The largest absolute Gasteiger partial charge is 0.494 e. The minimum atomic E-state index is -0.827. The molecule has 0 aromatic heterocycles. The number of ether oxygens (including phenoxy) is 2. The zero-order chi connectivity index (χ0) is 22.9. The number of rotatable bonds is 10. The van der Waals surface area contributed by atoms with Crippen LogP contribution in [-0.2, 0) is 11.3 Å². The van der Waals surface area contributed by atoms with Gasteiger partial charge in [0.2, 0.25) is 5.91 Å². The van der Waals surface area contributed by atoms with Gasteiger partial charge in [-0.3, -0.25) is 9.69 Å². The third kappa shape index (κ3) is 7.21. The van der Waals surface area contributed by atoms with Crippen molar-refractivity contribution in [3.05, 3.63) is 60.2 Å². The summed E-state index contributed by atoms with van der Waals surface area (Å²) in [4.78, 5) is 16.1. The lowest BCUT2D eigenvalue weighted by atomic mass is 9.93. The number of hydrogen-bond donors (Lipinski definition) is 1. The lowest BCUT2D eigenvalue weighted by Gasteiger charge is -2.39. The summed E-state index contributed by atoms with van der Waals surface area (Å²) < 4.78 is 11.7. The Balaban J connectivity index is 1.19. The van der Waals surface area contributed by atoms with Crippen molar-refractivity contribution in [1.29, 1.82) is 0 Å².